The first-order chi connectivity index (χ1) is 23.1. The zero-order valence-electron chi connectivity index (χ0n) is 28.2. The Balaban J connectivity index is 1.66. The number of anilines is 2. The van der Waals surface area contributed by atoms with Crippen LogP contribution in [0.2, 0.25) is 5.02 Å². The molecule has 1 aliphatic carbocycles. The highest BCUT2D eigenvalue weighted by atomic mass is 35.5. The van der Waals surface area contributed by atoms with Crippen molar-refractivity contribution in [2.24, 2.45) is 5.41 Å². The summed E-state index contributed by atoms with van der Waals surface area (Å²) >= 11 is 6.19. The molecule has 1 aromatic heterocycles. The van der Waals surface area contributed by atoms with Crippen LogP contribution in [0.5, 0.6) is 0 Å². The molecule has 0 radical (unpaired) electrons. The molecule has 15 heteroatoms. The highest BCUT2D eigenvalue weighted by Crippen LogP contribution is 2.53. The number of hydrogen-bond donors (Lipinski definition) is 2. The molecule has 0 saturated carbocycles. The van der Waals surface area contributed by atoms with Crippen LogP contribution in [0.25, 0.3) is 5.57 Å². The Hall–Kier alpha value is -4.07. The Kier molecular flexibility index (Phi) is 10.4. The van der Waals surface area contributed by atoms with Crippen LogP contribution in [0.1, 0.15) is 84.0 Å². The van der Waals surface area contributed by atoms with E-state index in [4.69, 9.17) is 21.7 Å². The molecule has 1 atom stereocenters. The van der Waals surface area contributed by atoms with Gasteiger partial charge in [-0.3, -0.25) is 4.79 Å². The number of carbonyl (C=O) groups excluding carboxylic acids is 2. The van der Waals surface area contributed by atoms with Gasteiger partial charge in [-0.25, -0.2) is 9.48 Å². The molecule has 5 rings (SSSR count). The van der Waals surface area contributed by atoms with Crippen molar-refractivity contribution >= 4 is 47.1 Å². The minimum absolute atomic E-state index is 0.0273. The number of benzene rings is 1. The Morgan fingerprint density at radius 2 is 1.82 bits per heavy atom. The lowest BCUT2D eigenvalue weighted by Gasteiger charge is -2.54. The maximum Gasteiger partial charge on any atom is 0.416 e. The summed E-state index contributed by atoms with van der Waals surface area (Å²) < 4.78 is 41.6. The van der Waals surface area contributed by atoms with Crippen LogP contribution < -0.4 is 10.2 Å². The van der Waals surface area contributed by atoms with Crippen molar-refractivity contribution in [3.63, 3.8) is 0 Å². The molecule has 11 nitrogen and oxygen atoms in total. The number of allylic oxidation sites excluding steroid dienone is 4. The van der Waals surface area contributed by atoms with Gasteiger partial charge >= 0.3 is 12.3 Å². The fourth-order valence-electron chi connectivity index (χ4n) is 7.18. The third-order valence-corrected chi connectivity index (χ3v) is 10.0. The van der Waals surface area contributed by atoms with Crippen molar-refractivity contribution in [1.82, 2.24) is 24.6 Å². The quantitative estimate of drug-likeness (QED) is 0.282. The number of nitrogens with zero attached hydrogens (tertiary/aromatic N) is 6. The van der Waals surface area contributed by atoms with Crippen LogP contribution >= 0.6 is 11.6 Å². The number of aldehydes is 1. The second-order valence-electron chi connectivity index (χ2n) is 13.7. The fraction of sp³-hybridized carbons (Fsp3) is 0.559. The van der Waals surface area contributed by atoms with Crippen molar-refractivity contribution in [3.8, 4) is 0 Å². The van der Waals surface area contributed by atoms with E-state index in [0.717, 1.165) is 73.6 Å². The maximum atomic E-state index is 13.8. The first kappa shape index (κ1) is 36.2. The zero-order valence-corrected chi connectivity index (χ0v) is 29.0. The van der Waals surface area contributed by atoms with Crippen LogP contribution in [0, 0.1) is 5.41 Å². The number of fused-ring (bicyclic) bond motifs is 1. The van der Waals surface area contributed by atoms with Gasteiger partial charge in [-0.2, -0.15) is 18.2 Å². The predicted octanol–water partition coefficient (Wildman–Crippen LogP) is 7.00. The minimum atomic E-state index is -4.59. The molecule has 2 amide bonds. The molecule has 1 aromatic carbocycles. The Labute approximate surface area is 288 Å². The van der Waals surface area contributed by atoms with E-state index in [9.17, 15) is 32.7 Å². The molecule has 1 fully saturated rings. The topological polar surface area (TPSA) is 124 Å². The monoisotopic (exact) mass is 705 g/mol. The Morgan fingerprint density at radius 1 is 1.10 bits per heavy atom. The van der Waals surface area contributed by atoms with E-state index in [2.05, 4.69) is 16.3 Å². The lowest BCUT2D eigenvalue weighted by molar-refractivity contribution is -0.137. The number of amides is 2. The SMILES string of the molecule is CCC1=C(N2CCN(C(=O)O)CC2)C(CC=O)(C(C)(C)C)n2nc(C3=CCCCCC3)nc2N1CC(=O)Nc1ccc(C(F)(F)F)cc1Cl. The van der Waals surface area contributed by atoms with Crippen LogP contribution in [0.15, 0.2) is 35.7 Å². The van der Waals surface area contributed by atoms with Crippen LogP contribution in [0.4, 0.5) is 29.6 Å². The Bertz CT molecular complexity index is 1660. The Morgan fingerprint density at radius 3 is 2.41 bits per heavy atom. The van der Waals surface area contributed by atoms with Gasteiger partial charge < -0.3 is 29.9 Å². The predicted molar refractivity (Wildman–Crippen MR) is 180 cm³/mol. The summed E-state index contributed by atoms with van der Waals surface area (Å²) in [6.45, 7) is 8.94. The standard InChI is InChI=1S/C34H43ClF3N7O4/c1-5-26-28(42-15-17-43(18-16-42)31(48)49)33(14-19-46,32(2,3)4)45-30(40-29(41-45)22-10-8-6-7-9-11-22)44(26)21-27(47)39-25-13-12-23(20-24(25)35)34(36,37)38/h10,12-13,19-20H,5-9,11,14-18,21H2,1-4H3,(H,39,47)(H,48,49). The molecule has 1 unspecified atom stereocenters. The minimum Gasteiger partial charge on any atom is -0.465 e. The molecular formula is C34H43ClF3N7O4. The second kappa shape index (κ2) is 14.0. The highest BCUT2D eigenvalue weighted by molar-refractivity contribution is 6.33. The molecule has 3 aliphatic rings. The first-order valence-corrected chi connectivity index (χ1v) is 17.0. The third kappa shape index (κ3) is 7.01. The van der Waals surface area contributed by atoms with E-state index in [1.165, 1.54) is 4.90 Å². The van der Waals surface area contributed by atoms with Gasteiger partial charge in [-0.15, -0.1) is 5.10 Å². The van der Waals surface area contributed by atoms with E-state index in [1.54, 1.807) is 9.58 Å². The zero-order chi connectivity index (χ0) is 35.7. The molecule has 2 aliphatic heterocycles. The summed E-state index contributed by atoms with van der Waals surface area (Å²) in [6, 6.07) is 2.75. The molecule has 266 valence electrons. The van der Waals surface area contributed by atoms with Crippen molar-refractivity contribution in [2.45, 2.75) is 84.4 Å². The molecule has 0 spiro atoms. The number of hydrogen-bond acceptors (Lipinski definition) is 7. The van der Waals surface area contributed by atoms with Crippen LogP contribution in [0.3, 0.4) is 0 Å². The molecule has 49 heavy (non-hydrogen) atoms. The first-order valence-electron chi connectivity index (χ1n) is 16.6. The number of piperazine rings is 1. The average molecular weight is 706 g/mol. The van der Waals surface area contributed by atoms with Gasteiger partial charge in [0.2, 0.25) is 11.9 Å². The molecule has 2 aromatic rings. The van der Waals surface area contributed by atoms with Crippen molar-refractivity contribution in [3.05, 3.63) is 52.1 Å². The van der Waals surface area contributed by atoms with Gasteiger partial charge in [0.05, 0.1) is 22.0 Å². The highest BCUT2D eigenvalue weighted by Gasteiger charge is 2.56. The van der Waals surface area contributed by atoms with Gasteiger partial charge in [0.15, 0.2) is 5.82 Å². The summed E-state index contributed by atoms with van der Waals surface area (Å²) in [6.07, 6.45) is 2.67. The lowest BCUT2D eigenvalue weighted by atomic mass is 9.67. The summed E-state index contributed by atoms with van der Waals surface area (Å²) in [5, 5.41) is 17.2. The van der Waals surface area contributed by atoms with Crippen LogP contribution in [-0.2, 0) is 21.3 Å². The fourth-order valence-corrected chi connectivity index (χ4v) is 7.40. The molecule has 2 N–H and O–H groups in total. The summed E-state index contributed by atoms with van der Waals surface area (Å²) in [4.78, 5) is 48.5. The molecule has 0 bridgehead atoms. The number of carboxylic acid groups (broad SMARTS) is 1. The number of rotatable bonds is 8. The number of halogens is 4. The van der Waals surface area contributed by atoms with Crippen molar-refractivity contribution < 1.29 is 32.7 Å². The maximum absolute atomic E-state index is 13.8. The molecule has 3 heterocycles. The largest absolute Gasteiger partial charge is 0.465 e. The van der Waals surface area contributed by atoms with Gasteiger partial charge in [0.25, 0.3) is 0 Å². The van der Waals surface area contributed by atoms with Crippen molar-refractivity contribution in [1.29, 1.82) is 0 Å². The smallest absolute Gasteiger partial charge is 0.416 e. The lowest BCUT2D eigenvalue weighted by Crippen LogP contribution is -2.60. The average Bonchev–Trinajstić information content (AvgIpc) is 3.30. The van der Waals surface area contributed by atoms with Gasteiger partial charge in [-0.1, -0.05) is 51.8 Å². The molecular weight excluding hydrogens is 663 g/mol. The van der Waals surface area contributed by atoms with E-state index in [1.807, 2.05) is 27.7 Å². The van der Waals surface area contributed by atoms with Gasteiger partial charge in [0.1, 0.15) is 18.4 Å². The summed E-state index contributed by atoms with van der Waals surface area (Å²) in [7, 11) is 0. The summed E-state index contributed by atoms with van der Waals surface area (Å²) in [5.41, 5.74) is -0.107. The second-order valence-corrected chi connectivity index (χ2v) is 14.1. The van der Waals surface area contributed by atoms with E-state index >= 15 is 0 Å². The van der Waals surface area contributed by atoms with Crippen molar-refractivity contribution in [2.75, 3.05) is 42.9 Å². The number of alkyl halides is 3. The number of aromatic nitrogens is 3. The number of carbonyl (C=O) groups is 3. The number of nitrogens with one attached hydrogen (secondary N) is 1. The third-order valence-electron chi connectivity index (χ3n) is 9.71. The normalized spacial score (nSPS) is 20.5. The van der Waals surface area contributed by atoms with Gasteiger partial charge in [-0.05, 0) is 61.3 Å². The van der Waals surface area contributed by atoms with Gasteiger partial charge in [0, 0.05) is 38.3 Å². The summed E-state index contributed by atoms with van der Waals surface area (Å²) in [5.74, 6) is 0.335. The van der Waals surface area contributed by atoms with E-state index < -0.39 is 34.7 Å². The molecule has 1 saturated heterocycles. The van der Waals surface area contributed by atoms with E-state index in [0.29, 0.717) is 31.3 Å². The van der Waals surface area contributed by atoms with E-state index in [-0.39, 0.29) is 36.8 Å². The van der Waals surface area contributed by atoms with Crippen LogP contribution in [-0.4, -0.2) is 80.7 Å².